The zero-order valence-corrected chi connectivity index (χ0v) is 25.8. The van der Waals surface area contributed by atoms with Crippen molar-refractivity contribution in [2.75, 3.05) is 19.0 Å². The molecule has 2 aromatic carbocycles. The maximum absolute atomic E-state index is 13.8. The SMILES string of the molecule is COc1cc(C(=O)N2CC3CCC2[C@@H]3C)cc2nc(-c3cc4ccc(Nc5cccc(C(N)=O)c5)nc4n3CC3CC3)n(C)c12. The number of nitrogens with one attached hydrogen (secondary N) is 1. The van der Waals surface area contributed by atoms with Crippen LogP contribution in [0.4, 0.5) is 11.5 Å². The second-order valence-corrected chi connectivity index (χ2v) is 13.0. The van der Waals surface area contributed by atoms with Crippen LogP contribution in [0.25, 0.3) is 33.6 Å². The fourth-order valence-electron chi connectivity index (χ4n) is 7.55. The number of ether oxygens (including phenoxy) is 1. The smallest absolute Gasteiger partial charge is 0.254 e. The summed E-state index contributed by atoms with van der Waals surface area (Å²) in [7, 11) is 3.65. The first-order valence-electron chi connectivity index (χ1n) is 15.8. The highest BCUT2D eigenvalue weighted by molar-refractivity contribution is 6.00. The standard InChI is InChI=1S/C35H37N7O3/c1-19-23-9-11-27(19)42(18-23)35(44)24-14-26-31(29(16-24)45-3)40(2)34(38-26)28-15-22-10-12-30(39-33(22)41(28)17-20-7-8-20)37-25-6-4-5-21(13-25)32(36)43/h4-6,10,12-16,19-20,23,27H,7-9,11,17-18H2,1-3H3,(H2,36,43)(H,37,39)/t19-,23?,27?/m1/s1. The van der Waals surface area contributed by atoms with Crippen molar-refractivity contribution < 1.29 is 14.3 Å². The van der Waals surface area contributed by atoms with Gasteiger partial charge in [0.05, 0.1) is 18.3 Å². The molecule has 10 nitrogen and oxygen atoms in total. The summed E-state index contributed by atoms with van der Waals surface area (Å²) in [5, 5.41) is 4.34. The van der Waals surface area contributed by atoms with E-state index in [0.717, 1.165) is 58.8 Å². The zero-order valence-electron chi connectivity index (χ0n) is 25.8. The molecule has 3 aromatic heterocycles. The normalized spacial score (nSPS) is 20.8. The van der Waals surface area contributed by atoms with Gasteiger partial charge in [0.2, 0.25) is 5.91 Å². The lowest BCUT2D eigenvalue weighted by Gasteiger charge is -2.27. The van der Waals surface area contributed by atoms with Crippen molar-refractivity contribution in [1.29, 1.82) is 0 Å². The fourth-order valence-corrected chi connectivity index (χ4v) is 7.55. The van der Waals surface area contributed by atoms with E-state index in [1.54, 1.807) is 25.3 Å². The minimum atomic E-state index is -0.474. The van der Waals surface area contributed by atoms with Crippen LogP contribution in [0.5, 0.6) is 5.75 Å². The van der Waals surface area contributed by atoms with Gasteiger partial charge in [-0.25, -0.2) is 9.97 Å². The molecule has 2 unspecified atom stereocenters. The molecule has 2 aliphatic carbocycles. The minimum absolute atomic E-state index is 0.0647. The molecule has 4 heterocycles. The van der Waals surface area contributed by atoms with Crippen LogP contribution >= 0.6 is 0 Å². The molecule has 0 radical (unpaired) electrons. The molecule has 5 aromatic rings. The van der Waals surface area contributed by atoms with Gasteiger partial charge in [0.1, 0.15) is 22.7 Å². The molecular formula is C35H37N7O3. The summed E-state index contributed by atoms with van der Waals surface area (Å²) in [6.45, 7) is 3.95. The number of nitrogens with two attached hydrogens (primary N) is 1. The molecule has 3 atom stereocenters. The number of carbonyl (C=O) groups is 2. The van der Waals surface area contributed by atoms with Crippen molar-refractivity contribution in [1.82, 2.24) is 24.0 Å². The lowest BCUT2D eigenvalue weighted by molar-refractivity contribution is 0.0695. The van der Waals surface area contributed by atoms with Gasteiger partial charge in [-0.2, -0.15) is 0 Å². The number of nitrogens with zero attached hydrogens (tertiary/aromatic N) is 5. The summed E-state index contributed by atoms with van der Waals surface area (Å²) >= 11 is 0. The Morgan fingerprint density at radius 1 is 1.02 bits per heavy atom. The topological polar surface area (TPSA) is 120 Å². The van der Waals surface area contributed by atoms with E-state index in [9.17, 15) is 9.59 Å². The first-order valence-corrected chi connectivity index (χ1v) is 15.8. The summed E-state index contributed by atoms with van der Waals surface area (Å²) < 4.78 is 10.2. The summed E-state index contributed by atoms with van der Waals surface area (Å²) in [4.78, 5) is 37.7. The number of primary amides is 1. The van der Waals surface area contributed by atoms with Crippen molar-refractivity contribution in [3.8, 4) is 17.3 Å². The van der Waals surface area contributed by atoms with Gasteiger partial charge in [-0.3, -0.25) is 9.59 Å². The van der Waals surface area contributed by atoms with E-state index in [1.165, 1.54) is 19.3 Å². The number of rotatable bonds is 8. The average molecular weight is 604 g/mol. The van der Waals surface area contributed by atoms with Crippen LogP contribution in [0.3, 0.4) is 0 Å². The van der Waals surface area contributed by atoms with E-state index in [0.29, 0.717) is 46.5 Å². The van der Waals surface area contributed by atoms with Crippen molar-refractivity contribution in [2.45, 2.75) is 45.2 Å². The molecular weight excluding hydrogens is 566 g/mol. The highest BCUT2D eigenvalue weighted by atomic mass is 16.5. The predicted octanol–water partition coefficient (Wildman–Crippen LogP) is 5.72. The Morgan fingerprint density at radius 2 is 1.87 bits per heavy atom. The van der Waals surface area contributed by atoms with Crippen LogP contribution in [-0.4, -0.2) is 55.5 Å². The number of pyridine rings is 1. The molecule has 0 spiro atoms. The number of likely N-dealkylation sites (tertiary alicyclic amines) is 1. The lowest BCUT2D eigenvalue weighted by Crippen LogP contribution is -2.38. The Morgan fingerprint density at radius 3 is 2.58 bits per heavy atom. The van der Waals surface area contributed by atoms with Gasteiger partial charge < -0.3 is 29.8 Å². The van der Waals surface area contributed by atoms with Crippen LogP contribution < -0.4 is 15.8 Å². The number of hydrogen-bond donors (Lipinski definition) is 2. The van der Waals surface area contributed by atoms with Gasteiger partial charge in [0, 0.05) is 48.4 Å². The van der Waals surface area contributed by atoms with Crippen LogP contribution in [0.1, 0.15) is 53.3 Å². The molecule has 3 aliphatic rings. The summed E-state index contributed by atoms with van der Waals surface area (Å²) in [6, 6.07) is 17.4. The third kappa shape index (κ3) is 4.62. The van der Waals surface area contributed by atoms with Crippen molar-refractivity contribution in [2.24, 2.45) is 30.5 Å². The van der Waals surface area contributed by atoms with Crippen molar-refractivity contribution >= 4 is 45.4 Å². The molecule has 1 aliphatic heterocycles. The van der Waals surface area contributed by atoms with E-state index in [-0.39, 0.29) is 5.91 Å². The Balaban J connectivity index is 1.19. The number of fused-ring (bicyclic) bond motifs is 4. The molecule has 2 amide bonds. The fraction of sp³-hybridized carbons (Fsp3) is 0.371. The average Bonchev–Trinajstić information content (AvgIpc) is 3.45. The maximum Gasteiger partial charge on any atom is 0.254 e. The predicted molar refractivity (Wildman–Crippen MR) is 174 cm³/mol. The highest BCUT2D eigenvalue weighted by Gasteiger charge is 2.46. The number of methoxy groups -OCH3 is 1. The molecule has 1 saturated heterocycles. The van der Waals surface area contributed by atoms with Crippen LogP contribution in [0.15, 0.2) is 54.6 Å². The van der Waals surface area contributed by atoms with Gasteiger partial charge in [0.25, 0.3) is 5.91 Å². The second-order valence-electron chi connectivity index (χ2n) is 13.0. The summed E-state index contributed by atoms with van der Waals surface area (Å²) in [6.07, 6.45) is 4.68. The zero-order chi connectivity index (χ0) is 31.0. The van der Waals surface area contributed by atoms with Gasteiger partial charge in [0.15, 0.2) is 5.82 Å². The Kier molecular flexibility index (Phi) is 6.37. The molecule has 3 fully saturated rings. The van der Waals surface area contributed by atoms with E-state index in [2.05, 4.69) is 38.4 Å². The molecule has 230 valence electrons. The van der Waals surface area contributed by atoms with E-state index in [4.69, 9.17) is 20.4 Å². The largest absolute Gasteiger partial charge is 0.494 e. The molecule has 2 saturated carbocycles. The Bertz CT molecular complexity index is 2010. The van der Waals surface area contributed by atoms with Gasteiger partial charge in [-0.05, 0) is 92.0 Å². The highest BCUT2D eigenvalue weighted by Crippen LogP contribution is 2.44. The third-order valence-electron chi connectivity index (χ3n) is 10.2. The van der Waals surface area contributed by atoms with Crippen LogP contribution in [0.2, 0.25) is 0 Å². The van der Waals surface area contributed by atoms with E-state index in [1.807, 2.05) is 31.3 Å². The third-order valence-corrected chi connectivity index (χ3v) is 10.2. The summed E-state index contributed by atoms with van der Waals surface area (Å²) in [5.41, 5.74) is 10.7. The Hall–Kier alpha value is -4.86. The number of benzene rings is 2. The van der Waals surface area contributed by atoms with Crippen LogP contribution in [0, 0.1) is 17.8 Å². The number of hydrogen-bond acceptors (Lipinski definition) is 6. The number of aryl methyl sites for hydroxylation is 1. The molecule has 10 heteroatoms. The lowest BCUT2D eigenvalue weighted by atomic mass is 10.0. The number of carbonyl (C=O) groups excluding carboxylic acids is 2. The monoisotopic (exact) mass is 603 g/mol. The Labute approximate surface area is 261 Å². The van der Waals surface area contributed by atoms with Gasteiger partial charge >= 0.3 is 0 Å². The van der Waals surface area contributed by atoms with Crippen LogP contribution in [-0.2, 0) is 13.6 Å². The number of aromatic nitrogens is 4. The van der Waals surface area contributed by atoms with E-state index >= 15 is 0 Å². The molecule has 8 rings (SSSR count). The molecule has 3 N–H and O–H groups in total. The number of imidazole rings is 1. The first kappa shape index (κ1) is 27.7. The molecule has 2 bridgehead atoms. The number of amides is 2. The number of piperidine rings is 1. The first-order chi connectivity index (χ1) is 21.8. The van der Waals surface area contributed by atoms with Crippen molar-refractivity contribution in [3.05, 3.63) is 65.7 Å². The summed E-state index contributed by atoms with van der Waals surface area (Å²) in [5.74, 6) is 3.45. The van der Waals surface area contributed by atoms with E-state index < -0.39 is 5.91 Å². The maximum atomic E-state index is 13.8. The van der Waals surface area contributed by atoms with Crippen molar-refractivity contribution in [3.63, 3.8) is 0 Å². The quantitative estimate of drug-likeness (QED) is 0.234. The number of anilines is 2. The van der Waals surface area contributed by atoms with Gasteiger partial charge in [-0.15, -0.1) is 0 Å². The minimum Gasteiger partial charge on any atom is -0.494 e. The molecule has 45 heavy (non-hydrogen) atoms. The second kappa shape index (κ2) is 10.4. The van der Waals surface area contributed by atoms with Gasteiger partial charge in [-0.1, -0.05) is 13.0 Å².